The molecule has 0 radical (unpaired) electrons. The normalized spacial score (nSPS) is 22.4. The van der Waals surface area contributed by atoms with Gasteiger partial charge < -0.3 is 15.4 Å². The van der Waals surface area contributed by atoms with E-state index < -0.39 is 0 Å². The van der Waals surface area contributed by atoms with Gasteiger partial charge in [0, 0.05) is 0 Å². The molecule has 1 amide bonds. The summed E-state index contributed by atoms with van der Waals surface area (Å²) < 4.78 is 5.16. The average Bonchev–Trinajstić information content (AvgIpc) is 2.46. The number of rotatable bonds is 4. The SMILES string of the molecule is COc1ccc([C@@H](C)NC(=O)C2NCCCC2(C)C)cc1. The molecule has 1 aliphatic heterocycles. The summed E-state index contributed by atoms with van der Waals surface area (Å²) in [4.78, 5) is 12.5. The molecule has 1 aromatic rings. The van der Waals surface area contributed by atoms with Crippen LogP contribution in [0.2, 0.25) is 0 Å². The minimum absolute atomic E-state index is 0.00195. The molecule has 1 fully saturated rings. The van der Waals surface area contributed by atoms with Crippen molar-refractivity contribution < 1.29 is 9.53 Å². The minimum atomic E-state index is -0.119. The summed E-state index contributed by atoms with van der Waals surface area (Å²) >= 11 is 0. The average molecular weight is 290 g/mol. The third-order valence-electron chi connectivity index (χ3n) is 4.36. The van der Waals surface area contributed by atoms with Gasteiger partial charge in [-0.3, -0.25) is 4.79 Å². The molecular formula is C17H26N2O2. The van der Waals surface area contributed by atoms with E-state index in [1.807, 2.05) is 31.2 Å². The summed E-state index contributed by atoms with van der Waals surface area (Å²) in [5.74, 6) is 0.912. The molecular weight excluding hydrogens is 264 g/mol. The van der Waals surface area contributed by atoms with Crippen LogP contribution in [-0.4, -0.2) is 25.6 Å². The Bertz CT molecular complexity index is 482. The third kappa shape index (κ3) is 3.76. The highest BCUT2D eigenvalue weighted by atomic mass is 16.5. The second-order valence-corrected chi connectivity index (χ2v) is 6.48. The Morgan fingerprint density at radius 3 is 2.62 bits per heavy atom. The first-order valence-corrected chi connectivity index (χ1v) is 7.62. The molecule has 1 unspecified atom stereocenters. The number of amides is 1. The third-order valence-corrected chi connectivity index (χ3v) is 4.36. The molecule has 0 saturated carbocycles. The summed E-state index contributed by atoms with van der Waals surface area (Å²) in [6.45, 7) is 7.23. The largest absolute Gasteiger partial charge is 0.497 e. The van der Waals surface area contributed by atoms with Gasteiger partial charge in [0.25, 0.3) is 0 Å². The Morgan fingerprint density at radius 1 is 1.38 bits per heavy atom. The van der Waals surface area contributed by atoms with Gasteiger partial charge in [0.2, 0.25) is 5.91 Å². The number of benzene rings is 1. The molecule has 2 rings (SSSR count). The first-order chi connectivity index (χ1) is 9.94. The van der Waals surface area contributed by atoms with E-state index in [9.17, 15) is 4.79 Å². The summed E-state index contributed by atoms with van der Waals surface area (Å²) in [6.07, 6.45) is 2.21. The second kappa shape index (κ2) is 6.48. The summed E-state index contributed by atoms with van der Waals surface area (Å²) in [5.41, 5.74) is 1.08. The molecule has 1 aromatic carbocycles. The lowest BCUT2D eigenvalue weighted by molar-refractivity contribution is -0.127. The zero-order valence-corrected chi connectivity index (χ0v) is 13.4. The molecule has 1 heterocycles. The molecule has 0 aliphatic carbocycles. The summed E-state index contributed by atoms with van der Waals surface area (Å²) in [5, 5.41) is 6.47. The van der Waals surface area contributed by atoms with Gasteiger partial charge in [-0.2, -0.15) is 0 Å². The predicted octanol–water partition coefficient (Wildman–Crippen LogP) is 2.65. The number of hydrogen-bond acceptors (Lipinski definition) is 3. The molecule has 1 saturated heterocycles. The first-order valence-electron chi connectivity index (χ1n) is 7.62. The van der Waals surface area contributed by atoms with Gasteiger partial charge in [0.05, 0.1) is 19.2 Å². The van der Waals surface area contributed by atoms with E-state index in [0.29, 0.717) is 0 Å². The lowest BCUT2D eigenvalue weighted by atomic mass is 9.77. The van der Waals surface area contributed by atoms with Gasteiger partial charge in [-0.05, 0) is 49.4 Å². The van der Waals surface area contributed by atoms with Gasteiger partial charge in [-0.15, -0.1) is 0 Å². The zero-order valence-electron chi connectivity index (χ0n) is 13.4. The maximum absolute atomic E-state index is 12.5. The number of carbonyl (C=O) groups is 1. The Labute approximate surface area is 127 Å². The van der Waals surface area contributed by atoms with Gasteiger partial charge in [0.1, 0.15) is 5.75 Å². The Hall–Kier alpha value is -1.55. The zero-order chi connectivity index (χ0) is 15.5. The van der Waals surface area contributed by atoms with Gasteiger partial charge in [-0.25, -0.2) is 0 Å². The second-order valence-electron chi connectivity index (χ2n) is 6.48. The molecule has 2 N–H and O–H groups in total. The smallest absolute Gasteiger partial charge is 0.238 e. The van der Waals surface area contributed by atoms with Crippen molar-refractivity contribution in [3.05, 3.63) is 29.8 Å². The van der Waals surface area contributed by atoms with E-state index in [1.165, 1.54) is 0 Å². The Balaban J connectivity index is 2.00. The van der Waals surface area contributed by atoms with Gasteiger partial charge in [0.15, 0.2) is 0 Å². The Kier molecular flexibility index (Phi) is 4.88. The van der Waals surface area contributed by atoms with Crippen LogP contribution in [0.4, 0.5) is 0 Å². The molecule has 2 atom stereocenters. The monoisotopic (exact) mass is 290 g/mol. The number of nitrogens with one attached hydrogen (secondary N) is 2. The molecule has 0 aromatic heterocycles. The number of hydrogen-bond donors (Lipinski definition) is 2. The van der Waals surface area contributed by atoms with Crippen LogP contribution in [0.1, 0.15) is 45.2 Å². The van der Waals surface area contributed by atoms with E-state index in [2.05, 4.69) is 24.5 Å². The van der Waals surface area contributed by atoms with Crippen LogP contribution < -0.4 is 15.4 Å². The standard InChI is InChI=1S/C17H26N2O2/c1-12(13-6-8-14(21-4)9-7-13)19-16(20)15-17(2,3)10-5-11-18-15/h6-9,12,15,18H,5,10-11H2,1-4H3,(H,19,20)/t12-,15?/m1/s1. The van der Waals surface area contributed by atoms with Crippen molar-refractivity contribution in [1.29, 1.82) is 0 Å². The van der Waals surface area contributed by atoms with Gasteiger partial charge in [-0.1, -0.05) is 26.0 Å². The quantitative estimate of drug-likeness (QED) is 0.896. The van der Waals surface area contributed by atoms with Crippen molar-refractivity contribution in [3.8, 4) is 5.75 Å². The maximum Gasteiger partial charge on any atom is 0.238 e. The molecule has 0 bridgehead atoms. The van der Waals surface area contributed by atoms with Crippen molar-refractivity contribution in [2.24, 2.45) is 5.41 Å². The van der Waals surface area contributed by atoms with Crippen LogP contribution >= 0.6 is 0 Å². The van der Waals surface area contributed by atoms with Crippen molar-refractivity contribution >= 4 is 5.91 Å². The summed E-state index contributed by atoms with van der Waals surface area (Å²) in [6, 6.07) is 7.68. The van der Waals surface area contributed by atoms with Crippen molar-refractivity contribution in [2.75, 3.05) is 13.7 Å². The number of piperidine rings is 1. The fourth-order valence-electron chi connectivity index (χ4n) is 2.93. The predicted molar refractivity (Wildman–Crippen MR) is 84.4 cm³/mol. The van der Waals surface area contributed by atoms with E-state index in [-0.39, 0.29) is 23.4 Å². The van der Waals surface area contributed by atoms with E-state index in [0.717, 1.165) is 30.7 Å². The lowest BCUT2D eigenvalue weighted by Gasteiger charge is -2.38. The number of ether oxygens (including phenoxy) is 1. The van der Waals surface area contributed by atoms with Crippen LogP contribution in [-0.2, 0) is 4.79 Å². The maximum atomic E-state index is 12.5. The molecule has 21 heavy (non-hydrogen) atoms. The van der Waals surface area contributed by atoms with Crippen molar-refractivity contribution in [2.45, 2.75) is 45.7 Å². The highest BCUT2D eigenvalue weighted by Gasteiger charge is 2.37. The number of carbonyl (C=O) groups excluding carboxylic acids is 1. The first kappa shape index (κ1) is 15.8. The molecule has 116 valence electrons. The van der Waals surface area contributed by atoms with E-state index in [1.54, 1.807) is 7.11 Å². The topological polar surface area (TPSA) is 50.4 Å². The van der Waals surface area contributed by atoms with E-state index in [4.69, 9.17) is 4.74 Å². The van der Waals surface area contributed by atoms with Crippen LogP contribution in [0.5, 0.6) is 5.75 Å². The van der Waals surface area contributed by atoms with Crippen LogP contribution in [0.25, 0.3) is 0 Å². The molecule has 4 nitrogen and oxygen atoms in total. The fourth-order valence-corrected chi connectivity index (χ4v) is 2.93. The molecule has 0 spiro atoms. The van der Waals surface area contributed by atoms with Gasteiger partial charge >= 0.3 is 0 Å². The van der Waals surface area contributed by atoms with Crippen molar-refractivity contribution in [1.82, 2.24) is 10.6 Å². The minimum Gasteiger partial charge on any atom is -0.497 e. The highest BCUT2D eigenvalue weighted by Crippen LogP contribution is 2.30. The lowest BCUT2D eigenvalue weighted by Crippen LogP contribution is -2.55. The van der Waals surface area contributed by atoms with Crippen LogP contribution in [0, 0.1) is 5.41 Å². The van der Waals surface area contributed by atoms with Crippen LogP contribution in [0.15, 0.2) is 24.3 Å². The molecule has 4 heteroatoms. The van der Waals surface area contributed by atoms with Crippen molar-refractivity contribution in [3.63, 3.8) is 0 Å². The molecule has 1 aliphatic rings. The summed E-state index contributed by atoms with van der Waals surface area (Å²) in [7, 11) is 1.65. The fraction of sp³-hybridized carbons (Fsp3) is 0.588. The number of methoxy groups -OCH3 is 1. The Morgan fingerprint density at radius 2 is 2.05 bits per heavy atom. The van der Waals surface area contributed by atoms with E-state index >= 15 is 0 Å². The van der Waals surface area contributed by atoms with Crippen LogP contribution in [0.3, 0.4) is 0 Å². The highest BCUT2D eigenvalue weighted by molar-refractivity contribution is 5.83.